The molecule has 0 nitrogen and oxygen atoms in total. The Morgan fingerprint density at radius 1 is 0.588 bits per heavy atom. The zero-order valence-corrected chi connectivity index (χ0v) is 13.1. The van der Waals surface area contributed by atoms with Gasteiger partial charge in [0.05, 0.1) is 0 Å². The summed E-state index contributed by atoms with van der Waals surface area (Å²) in [7, 11) is 0. The molecular weight excluding hydrogens is 198 g/mol. The predicted octanol–water partition coefficient (Wildman–Crippen LogP) is 3.17. The maximum atomic E-state index is 2.31. The summed E-state index contributed by atoms with van der Waals surface area (Å²) in [6.45, 7) is 7.97. The zero-order chi connectivity index (χ0) is 12.1. The molecule has 0 saturated carbocycles. The molecule has 0 N–H and O–H groups in total. The summed E-state index contributed by atoms with van der Waals surface area (Å²) >= 11 is 0. The summed E-state index contributed by atoms with van der Waals surface area (Å²) in [5.74, 6) is 0. The molecule has 0 aromatic rings. The van der Waals surface area contributed by atoms with Crippen molar-refractivity contribution in [3.63, 3.8) is 0 Å². The summed E-state index contributed by atoms with van der Waals surface area (Å²) in [6.07, 6.45) is 17.4. The molecule has 0 aliphatic carbocycles. The number of hydrogen-bond donors (Lipinski definition) is 0. The van der Waals surface area contributed by atoms with E-state index in [0.29, 0.717) is 0 Å². The fourth-order valence-electron chi connectivity index (χ4n) is 2.48. The Labute approximate surface area is 124 Å². The van der Waals surface area contributed by atoms with Crippen molar-refractivity contribution in [1.82, 2.24) is 0 Å². The third-order valence-corrected chi connectivity index (χ3v) is 3.65. The van der Waals surface area contributed by atoms with Crippen molar-refractivity contribution in [2.45, 2.75) is 97.5 Å². The van der Waals surface area contributed by atoms with E-state index in [4.69, 9.17) is 0 Å². The smallest absolute Gasteiger partial charge is 1.00 e. The Kier molecular flexibility index (Phi) is 19.6. The maximum absolute atomic E-state index is 2.31. The van der Waals surface area contributed by atoms with Crippen molar-refractivity contribution in [2.24, 2.45) is 0 Å². The van der Waals surface area contributed by atoms with Gasteiger partial charge in [0.2, 0.25) is 0 Å². The van der Waals surface area contributed by atoms with Gasteiger partial charge in [0.15, 0.2) is 0 Å². The first-order valence-electron chi connectivity index (χ1n) is 7.85. The molecule has 0 spiro atoms. The first-order valence-corrected chi connectivity index (χ1v) is 7.85. The van der Waals surface area contributed by atoms with Crippen molar-refractivity contribution >= 4 is 6.71 Å². The maximum Gasteiger partial charge on any atom is 1.00 e. The quantitative estimate of drug-likeness (QED) is 0.358. The van der Waals surface area contributed by atoms with E-state index in [2.05, 4.69) is 20.8 Å². The van der Waals surface area contributed by atoms with Crippen LogP contribution in [0.5, 0.6) is 0 Å². The Morgan fingerprint density at radius 2 is 0.882 bits per heavy atom. The molecule has 2 heteroatoms. The fourth-order valence-corrected chi connectivity index (χ4v) is 2.48. The van der Waals surface area contributed by atoms with E-state index in [1.807, 2.05) is 0 Å². The van der Waals surface area contributed by atoms with E-state index >= 15 is 0 Å². The first kappa shape index (κ1) is 20.0. The van der Waals surface area contributed by atoms with Crippen LogP contribution in [0.15, 0.2) is 0 Å². The normalized spacial score (nSPS) is 10.1. The third-order valence-electron chi connectivity index (χ3n) is 3.65. The largest absolute Gasteiger partial charge is 1.00 e. The second-order valence-corrected chi connectivity index (χ2v) is 5.35. The van der Waals surface area contributed by atoms with Gasteiger partial charge >= 0.3 is 18.9 Å². The fraction of sp³-hybridized carbons (Fsp3) is 1.00. The summed E-state index contributed by atoms with van der Waals surface area (Å²) in [6, 6.07) is 0. The van der Waals surface area contributed by atoms with Crippen LogP contribution in [0.2, 0.25) is 19.0 Å². The standard InChI is InChI=1S/C15H33B.Li.H/c1-4-7-10-13-16(14-11-8-5-2)15-12-9-6-3;;/h4-15H2,1-3H3;;/q;+1;-1. The van der Waals surface area contributed by atoms with E-state index in [1.54, 1.807) is 0 Å². The molecule has 17 heavy (non-hydrogen) atoms. The minimum atomic E-state index is 0. The predicted molar refractivity (Wildman–Crippen MR) is 79.9 cm³/mol. The molecule has 98 valence electrons. The summed E-state index contributed by atoms with van der Waals surface area (Å²) < 4.78 is 0. The van der Waals surface area contributed by atoms with Gasteiger partial charge in [0.1, 0.15) is 6.71 Å². The van der Waals surface area contributed by atoms with Gasteiger partial charge in [-0.3, -0.25) is 0 Å². The van der Waals surface area contributed by atoms with Gasteiger partial charge in [-0.1, -0.05) is 97.5 Å². The Morgan fingerprint density at radius 3 is 1.12 bits per heavy atom. The van der Waals surface area contributed by atoms with Crippen LogP contribution in [-0.4, -0.2) is 6.71 Å². The average molecular weight is 232 g/mol. The number of rotatable bonds is 12. The van der Waals surface area contributed by atoms with E-state index in [9.17, 15) is 0 Å². The van der Waals surface area contributed by atoms with Crippen LogP contribution in [0, 0.1) is 0 Å². The minimum Gasteiger partial charge on any atom is -1.00 e. The number of hydrogen-bond acceptors (Lipinski definition) is 0. The molecule has 0 rings (SSSR count). The average Bonchev–Trinajstić information content (AvgIpc) is 2.29. The second-order valence-electron chi connectivity index (χ2n) is 5.35. The molecule has 0 aromatic carbocycles. The Balaban J connectivity index is -0.00000112. The molecule has 0 fully saturated rings. The summed E-state index contributed by atoms with van der Waals surface area (Å²) in [4.78, 5) is 0. The zero-order valence-electron chi connectivity index (χ0n) is 14.1. The molecule has 0 aliphatic heterocycles. The number of unbranched alkanes of at least 4 members (excludes halogenated alkanes) is 6. The second kappa shape index (κ2) is 16.7. The Hall–Kier alpha value is 0.662. The van der Waals surface area contributed by atoms with Gasteiger partial charge in [0.25, 0.3) is 0 Å². The van der Waals surface area contributed by atoms with Gasteiger partial charge in [-0.25, -0.2) is 0 Å². The minimum absolute atomic E-state index is 0. The molecule has 0 aliphatic rings. The van der Waals surface area contributed by atoms with Crippen molar-refractivity contribution in [3.05, 3.63) is 0 Å². The third kappa shape index (κ3) is 14.6. The van der Waals surface area contributed by atoms with Crippen LogP contribution >= 0.6 is 0 Å². The molecule has 0 bridgehead atoms. The monoisotopic (exact) mass is 232 g/mol. The van der Waals surface area contributed by atoms with Crippen molar-refractivity contribution in [2.75, 3.05) is 0 Å². The molecular formula is C15H34BLi. The molecule has 0 saturated heterocycles. The van der Waals surface area contributed by atoms with Crippen LogP contribution in [0.3, 0.4) is 0 Å². The van der Waals surface area contributed by atoms with E-state index < -0.39 is 0 Å². The molecule has 0 atom stereocenters. The molecule has 0 unspecified atom stereocenters. The van der Waals surface area contributed by atoms with E-state index in [0.717, 1.165) is 6.71 Å². The molecule has 0 amide bonds. The van der Waals surface area contributed by atoms with E-state index in [-0.39, 0.29) is 20.3 Å². The van der Waals surface area contributed by atoms with E-state index in [1.165, 1.54) is 76.7 Å². The molecule has 0 radical (unpaired) electrons. The summed E-state index contributed by atoms with van der Waals surface area (Å²) in [5.41, 5.74) is 0. The van der Waals surface area contributed by atoms with Crippen molar-refractivity contribution in [1.29, 1.82) is 0 Å². The summed E-state index contributed by atoms with van der Waals surface area (Å²) in [5, 5.41) is 0. The van der Waals surface area contributed by atoms with Crippen LogP contribution in [0.25, 0.3) is 0 Å². The van der Waals surface area contributed by atoms with Gasteiger partial charge in [0, 0.05) is 0 Å². The van der Waals surface area contributed by atoms with Gasteiger partial charge in [-0.15, -0.1) is 0 Å². The van der Waals surface area contributed by atoms with Crippen molar-refractivity contribution in [3.8, 4) is 0 Å². The molecule has 0 aromatic heterocycles. The molecule has 0 heterocycles. The van der Waals surface area contributed by atoms with Crippen molar-refractivity contribution < 1.29 is 20.3 Å². The van der Waals surface area contributed by atoms with Gasteiger partial charge in [-0.05, 0) is 0 Å². The van der Waals surface area contributed by atoms with Crippen LogP contribution in [0.4, 0.5) is 0 Å². The van der Waals surface area contributed by atoms with Crippen LogP contribution in [-0.2, 0) is 0 Å². The SMILES string of the molecule is CCCCCB(CCCCC)CCCCC.[H-].[Li+]. The van der Waals surface area contributed by atoms with Crippen LogP contribution in [0.1, 0.15) is 80.0 Å². The Bertz CT molecular complexity index is 110. The van der Waals surface area contributed by atoms with Gasteiger partial charge in [-0.2, -0.15) is 0 Å². The first-order chi connectivity index (χ1) is 7.85. The topological polar surface area (TPSA) is 0 Å². The van der Waals surface area contributed by atoms with Crippen LogP contribution < -0.4 is 18.9 Å². The van der Waals surface area contributed by atoms with Gasteiger partial charge < -0.3 is 1.43 Å².